The minimum absolute atomic E-state index is 0.345. The third-order valence-electron chi connectivity index (χ3n) is 2.93. The van der Waals surface area contributed by atoms with Crippen LogP contribution in [0.2, 0.25) is 0 Å². The van der Waals surface area contributed by atoms with Crippen molar-refractivity contribution in [1.29, 1.82) is 0 Å². The lowest BCUT2D eigenvalue weighted by Gasteiger charge is -2.00. The fraction of sp³-hybridized carbons (Fsp3) is 0.154. The largest absolute Gasteiger partial charge is 0.436 e. The zero-order valence-electron chi connectivity index (χ0n) is 10.4. The van der Waals surface area contributed by atoms with Gasteiger partial charge in [-0.25, -0.2) is 13.4 Å². The van der Waals surface area contributed by atoms with Gasteiger partial charge in [0.1, 0.15) is 5.76 Å². The molecule has 6 heteroatoms. The van der Waals surface area contributed by atoms with Crippen molar-refractivity contribution in [2.45, 2.75) is 24.0 Å². The lowest BCUT2D eigenvalue weighted by atomic mass is 10.2. The first-order chi connectivity index (χ1) is 8.97. The molecule has 0 saturated carbocycles. The Kier molecular flexibility index (Phi) is 2.79. The summed E-state index contributed by atoms with van der Waals surface area (Å²) in [4.78, 5) is 5.25. The predicted molar refractivity (Wildman–Crippen MR) is 73.4 cm³/mol. The second-order valence-electron chi connectivity index (χ2n) is 4.25. The van der Waals surface area contributed by atoms with Crippen molar-refractivity contribution >= 4 is 26.5 Å². The maximum atomic E-state index is 12.0. The molecule has 0 aliphatic carbocycles. The molecule has 1 aromatic heterocycles. The monoisotopic (exact) mass is 293 g/mol. The molecule has 2 heterocycles. The third kappa shape index (κ3) is 2.11. The number of oxazole rings is 1. The summed E-state index contributed by atoms with van der Waals surface area (Å²) >= 11 is 1.24. The number of aryl methyl sites for hydroxylation is 2. The van der Waals surface area contributed by atoms with Crippen LogP contribution in [0.25, 0.3) is 4.91 Å². The number of hydrogen-bond acceptors (Lipinski definition) is 5. The van der Waals surface area contributed by atoms with E-state index in [0.717, 1.165) is 11.5 Å². The SMILES string of the molecule is Cc1nc(SC2=CS(=O)(=O)c3ccccc32)oc1C. The topological polar surface area (TPSA) is 60.2 Å². The van der Waals surface area contributed by atoms with Gasteiger partial charge in [-0.1, -0.05) is 18.2 Å². The van der Waals surface area contributed by atoms with Crippen molar-refractivity contribution in [3.8, 4) is 0 Å². The van der Waals surface area contributed by atoms with Crippen molar-refractivity contribution in [1.82, 2.24) is 4.98 Å². The van der Waals surface area contributed by atoms with Gasteiger partial charge in [0.15, 0.2) is 0 Å². The summed E-state index contributed by atoms with van der Waals surface area (Å²) in [6, 6.07) is 6.94. The maximum Gasteiger partial charge on any atom is 0.261 e. The Morgan fingerprint density at radius 3 is 2.63 bits per heavy atom. The second-order valence-corrected chi connectivity index (χ2v) is 7.01. The number of fused-ring (bicyclic) bond motifs is 1. The number of thioether (sulfide) groups is 1. The van der Waals surface area contributed by atoms with Crippen molar-refractivity contribution in [2.75, 3.05) is 0 Å². The molecule has 1 aliphatic heterocycles. The Hall–Kier alpha value is -1.53. The van der Waals surface area contributed by atoms with Crippen LogP contribution in [0.1, 0.15) is 17.0 Å². The normalized spacial score (nSPS) is 16.2. The van der Waals surface area contributed by atoms with Crippen LogP contribution in [0.4, 0.5) is 0 Å². The molecule has 19 heavy (non-hydrogen) atoms. The molecule has 98 valence electrons. The molecule has 3 rings (SSSR count). The summed E-state index contributed by atoms with van der Waals surface area (Å²) < 4.78 is 29.4. The van der Waals surface area contributed by atoms with E-state index < -0.39 is 9.84 Å². The maximum absolute atomic E-state index is 12.0. The predicted octanol–water partition coefficient (Wildman–Crippen LogP) is 3.17. The van der Waals surface area contributed by atoms with E-state index in [-0.39, 0.29) is 0 Å². The first-order valence-electron chi connectivity index (χ1n) is 5.65. The summed E-state index contributed by atoms with van der Waals surface area (Å²) in [5.74, 6) is 0.747. The molecular weight excluding hydrogens is 282 g/mol. The number of sulfone groups is 1. The van der Waals surface area contributed by atoms with E-state index in [1.807, 2.05) is 19.9 Å². The first-order valence-corrected chi connectivity index (χ1v) is 8.02. The lowest BCUT2D eigenvalue weighted by molar-refractivity contribution is 0.432. The summed E-state index contributed by atoms with van der Waals surface area (Å²) in [6.45, 7) is 3.69. The van der Waals surface area contributed by atoms with Gasteiger partial charge in [0, 0.05) is 10.5 Å². The van der Waals surface area contributed by atoms with Gasteiger partial charge in [-0.05, 0) is 31.7 Å². The van der Waals surface area contributed by atoms with Crippen molar-refractivity contribution in [2.24, 2.45) is 0 Å². The Balaban J connectivity index is 2.03. The highest BCUT2D eigenvalue weighted by atomic mass is 32.2. The number of rotatable bonds is 2. The van der Waals surface area contributed by atoms with Gasteiger partial charge in [-0.15, -0.1) is 0 Å². The Morgan fingerprint density at radius 2 is 1.95 bits per heavy atom. The van der Waals surface area contributed by atoms with Crippen molar-refractivity contribution in [3.05, 3.63) is 46.7 Å². The number of hydrogen-bond donors (Lipinski definition) is 0. The van der Waals surface area contributed by atoms with Gasteiger partial charge < -0.3 is 4.42 Å². The van der Waals surface area contributed by atoms with Crippen molar-refractivity contribution in [3.63, 3.8) is 0 Å². The van der Waals surface area contributed by atoms with Gasteiger partial charge in [0.05, 0.1) is 16.0 Å². The number of benzene rings is 1. The van der Waals surface area contributed by atoms with Crippen LogP contribution in [0.3, 0.4) is 0 Å². The third-order valence-corrected chi connectivity index (χ3v) is 5.50. The average Bonchev–Trinajstić information content (AvgIpc) is 2.79. The highest BCUT2D eigenvalue weighted by molar-refractivity contribution is 8.09. The lowest BCUT2D eigenvalue weighted by Crippen LogP contribution is -1.91. The van der Waals surface area contributed by atoms with Crippen LogP contribution in [0.15, 0.2) is 44.2 Å². The van der Waals surface area contributed by atoms with E-state index in [4.69, 9.17) is 4.42 Å². The van der Waals surface area contributed by atoms with Crippen LogP contribution >= 0.6 is 11.8 Å². The first kappa shape index (κ1) is 12.5. The van der Waals surface area contributed by atoms with Crippen LogP contribution in [-0.4, -0.2) is 13.4 Å². The molecule has 0 bridgehead atoms. The average molecular weight is 293 g/mol. The Labute approximate surface area is 115 Å². The Morgan fingerprint density at radius 1 is 1.21 bits per heavy atom. The zero-order chi connectivity index (χ0) is 13.6. The fourth-order valence-electron chi connectivity index (χ4n) is 1.85. The molecule has 0 atom stereocenters. The molecule has 0 amide bonds. The van der Waals surface area contributed by atoms with E-state index >= 15 is 0 Å². The summed E-state index contributed by atoms with van der Waals surface area (Å²) in [5.41, 5.74) is 1.53. The van der Waals surface area contributed by atoms with E-state index in [2.05, 4.69) is 4.98 Å². The van der Waals surface area contributed by atoms with Crippen molar-refractivity contribution < 1.29 is 12.8 Å². The van der Waals surface area contributed by atoms with Crippen LogP contribution in [0.5, 0.6) is 0 Å². The molecule has 1 aromatic carbocycles. The van der Waals surface area contributed by atoms with E-state index in [1.54, 1.807) is 18.2 Å². The molecule has 0 radical (unpaired) electrons. The molecule has 0 N–H and O–H groups in total. The van der Waals surface area contributed by atoms with Gasteiger partial charge >= 0.3 is 0 Å². The highest BCUT2D eigenvalue weighted by Gasteiger charge is 2.28. The quantitative estimate of drug-likeness (QED) is 0.851. The molecule has 1 aliphatic rings. The summed E-state index contributed by atoms with van der Waals surface area (Å²) in [7, 11) is -3.33. The zero-order valence-corrected chi connectivity index (χ0v) is 12.0. The second kappa shape index (κ2) is 4.25. The minimum atomic E-state index is -3.33. The number of nitrogens with zero attached hydrogens (tertiary/aromatic N) is 1. The highest BCUT2D eigenvalue weighted by Crippen LogP contribution is 2.43. The smallest absolute Gasteiger partial charge is 0.261 e. The fourth-order valence-corrected chi connectivity index (χ4v) is 4.60. The molecule has 0 fully saturated rings. The number of aromatic nitrogens is 1. The van der Waals surface area contributed by atoms with Gasteiger partial charge in [0.2, 0.25) is 9.84 Å². The molecule has 2 aromatic rings. The molecule has 0 saturated heterocycles. The Bertz CT molecular complexity index is 768. The van der Waals surface area contributed by atoms with Gasteiger partial charge in [-0.3, -0.25) is 0 Å². The minimum Gasteiger partial charge on any atom is -0.436 e. The molecule has 0 spiro atoms. The molecule has 4 nitrogen and oxygen atoms in total. The molecule has 0 unspecified atom stereocenters. The molecular formula is C13H11NO3S2. The summed E-state index contributed by atoms with van der Waals surface area (Å²) in [6.07, 6.45) is 0. The van der Waals surface area contributed by atoms with E-state index in [0.29, 0.717) is 20.6 Å². The van der Waals surface area contributed by atoms with Gasteiger partial charge in [0.25, 0.3) is 5.22 Å². The standard InChI is InChI=1S/C13H11NO3S2/c1-8-9(2)17-13(14-8)18-11-7-19(15,16)12-6-4-3-5-10(11)12/h3-7H,1-2H3. The summed E-state index contributed by atoms with van der Waals surface area (Å²) in [5, 5.41) is 1.74. The van der Waals surface area contributed by atoms with Crippen LogP contribution in [0, 0.1) is 13.8 Å². The van der Waals surface area contributed by atoms with Crippen LogP contribution in [-0.2, 0) is 9.84 Å². The van der Waals surface area contributed by atoms with Gasteiger partial charge in [-0.2, -0.15) is 0 Å². The van der Waals surface area contributed by atoms with E-state index in [9.17, 15) is 8.42 Å². The van der Waals surface area contributed by atoms with E-state index in [1.165, 1.54) is 17.2 Å². The van der Waals surface area contributed by atoms with Crippen LogP contribution < -0.4 is 0 Å².